The normalized spacial score (nSPS) is 9.82. The summed E-state index contributed by atoms with van der Waals surface area (Å²) >= 11 is 0. The van der Waals surface area contributed by atoms with Crippen LogP contribution in [0, 0.1) is 0 Å². The molecule has 0 saturated carbocycles. The topological polar surface area (TPSA) is 70.0 Å². The number of carbonyl (C=O) groups is 1. The maximum atomic E-state index is 11.5. The number of esters is 1. The first-order chi connectivity index (χ1) is 7.50. The SMILES string of the molecule is CN(C)CCOC(=O)c1cc(O)ccc1O.Cl. The molecule has 0 unspecified atom stereocenters. The molecular formula is C11H16ClNO4. The molecule has 0 fully saturated rings. The van der Waals surface area contributed by atoms with Crippen molar-refractivity contribution in [2.75, 3.05) is 27.2 Å². The Kier molecular flexibility index (Phi) is 6.38. The lowest BCUT2D eigenvalue weighted by atomic mass is 10.2. The summed E-state index contributed by atoms with van der Waals surface area (Å²) in [7, 11) is 3.72. The maximum absolute atomic E-state index is 11.5. The maximum Gasteiger partial charge on any atom is 0.342 e. The third-order valence-corrected chi connectivity index (χ3v) is 1.97. The second-order valence-electron chi connectivity index (χ2n) is 3.64. The van der Waals surface area contributed by atoms with Crippen LogP contribution in [-0.2, 0) is 4.74 Å². The van der Waals surface area contributed by atoms with Crippen molar-refractivity contribution < 1.29 is 19.7 Å². The Morgan fingerprint density at radius 1 is 1.35 bits per heavy atom. The van der Waals surface area contributed by atoms with Gasteiger partial charge in [0.15, 0.2) is 0 Å². The molecule has 5 nitrogen and oxygen atoms in total. The molecular weight excluding hydrogens is 246 g/mol. The third-order valence-electron chi connectivity index (χ3n) is 1.97. The second-order valence-corrected chi connectivity index (χ2v) is 3.64. The quantitative estimate of drug-likeness (QED) is 0.630. The van der Waals surface area contributed by atoms with Gasteiger partial charge >= 0.3 is 5.97 Å². The summed E-state index contributed by atoms with van der Waals surface area (Å²) < 4.78 is 4.92. The minimum atomic E-state index is -0.643. The summed E-state index contributed by atoms with van der Waals surface area (Å²) in [6.45, 7) is 0.840. The first-order valence-corrected chi connectivity index (χ1v) is 4.84. The van der Waals surface area contributed by atoms with E-state index in [1.165, 1.54) is 18.2 Å². The van der Waals surface area contributed by atoms with Crippen molar-refractivity contribution in [1.82, 2.24) is 4.90 Å². The van der Waals surface area contributed by atoms with E-state index in [2.05, 4.69) is 0 Å². The van der Waals surface area contributed by atoms with Gasteiger partial charge in [0.25, 0.3) is 0 Å². The first kappa shape index (κ1) is 15.5. The van der Waals surface area contributed by atoms with Gasteiger partial charge in [-0.15, -0.1) is 12.4 Å². The fourth-order valence-corrected chi connectivity index (χ4v) is 1.09. The summed E-state index contributed by atoms with van der Waals surface area (Å²) in [5, 5.41) is 18.6. The highest BCUT2D eigenvalue weighted by Crippen LogP contribution is 2.22. The molecule has 0 aliphatic rings. The summed E-state index contributed by atoms with van der Waals surface area (Å²) in [5.74, 6) is -0.930. The Labute approximate surface area is 106 Å². The molecule has 96 valence electrons. The number of benzene rings is 1. The van der Waals surface area contributed by atoms with Gasteiger partial charge in [-0.1, -0.05) is 0 Å². The van der Waals surface area contributed by atoms with E-state index in [0.29, 0.717) is 6.54 Å². The molecule has 0 amide bonds. The second kappa shape index (κ2) is 6.98. The first-order valence-electron chi connectivity index (χ1n) is 4.84. The van der Waals surface area contributed by atoms with Crippen LogP contribution < -0.4 is 0 Å². The van der Waals surface area contributed by atoms with Crippen LogP contribution in [0.1, 0.15) is 10.4 Å². The van der Waals surface area contributed by atoms with E-state index in [0.717, 1.165) is 0 Å². The summed E-state index contributed by atoms with van der Waals surface area (Å²) in [6.07, 6.45) is 0. The predicted molar refractivity (Wildman–Crippen MR) is 65.9 cm³/mol. The van der Waals surface area contributed by atoms with Gasteiger partial charge in [0.05, 0.1) is 0 Å². The molecule has 0 spiro atoms. The number of halogens is 1. The Morgan fingerprint density at radius 3 is 2.59 bits per heavy atom. The lowest BCUT2D eigenvalue weighted by molar-refractivity contribution is 0.0478. The van der Waals surface area contributed by atoms with Crippen molar-refractivity contribution in [3.8, 4) is 11.5 Å². The van der Waals surface area contributed by atoms with Crippen molar-refractivity contribution in [2.45, 2.75) is 0 Å². The molecule has 0 aliphatic carbocycles. The number of likely N-dealkylation sites (N-methyl/N-ethyl adjacent to an activating group) is 1. The monoisotopic (exact) mass is 261 g/mol. The van der Waals surface area contributed by atoms with Crippen LogP contribution in [0.4, 0.5) is 0 Å². The fraction of sp³-hybridized carbons (Fsp3) is 0.364. The van der Waals surface area contributed by atoms with E-state index >= 15 is 0 Å². The number of ether oxygens (including phenoxy) is 1. The number of rotatable bonds is 4. The summed E-state index contributed by atoms with van der Waals surface area (Å²) in [5.41, 5.74) is -0.0289. The number of hydrogen-bond acceptors (Lipinski definition) is 5. The Hall–Kier alpha value is -1.46. The Bertz CT molecular complexity index is 382. The zero-order valence-corrected chi connectivity index (χ0v) is 10.5. The molecule has 0 heterocycles. The van der Waals surface area contributed by atoms with E-state index in [1.54, 1.807) is 0 Å². The molecule has 0 atom stereocenters. The molecule has 1 aromatic carbocycles. The lowest BCUT2D eigenvalue weighted by Gasteiger charge is -2.10. The van der Waals surface area contributed by atoms with Gasteiger partial charge in [-0.3, -0.25) is 0 Å². The predicted octanol–water partition coefficient (Wildman–Crippen LogP) is 1.24. The smallest absolute Gasteiger partial charge is 0.342 e. The minimum absolute atomic E-state index is 0. The van der Waals surface area contributed by atoms with Gasteiger partial charge in [0.2, 0.25) is 0 Å². The molecule has 0 saturated heterocycles. The Balaban J connectivity index is 0.00000256. The Morgan fingerprint density at radius 2 is 2.00 bits per heavy atom. The number of nitrogens with zero attached hydrogens (tertiary/aromatic N) is 1. The third kappa shape index (κ3) is 4.93. The fourth-order valence-electron chi connectivity index (χ4n) is 1.09. The zero-order chi connectivity index (χ0) is 12.1. The molecule has 17 heavy (non-hydrogen) atoms. The van der Waals surface area contributed by atoms with Crippen LogP contribution in [0.25, 0.3) is 0 Å². The molecule has 1 aromatic rings. The van der Waals surface area contributed by atoms with E-state index in [9.17, 15) is 15.0 Å². The minimum Gasteiger partial charge on any atom is -0.508 e. The highest BCUT2D eigenvalue weighted by molar-refractivity contribution is 5.92. The van der Waals surface area contributed by atoms with E-state index < -0.39 is 5.97 Å². The summed E-state index contributed by atoms with van der Waals surface area (Å²) in [6, 6.07) is 3.72. The molecule has 6 heteroatoms. The highest BCUT2D eigenvalue weighted by Gasteiger charge is 2.13. The van der Waals surface area contributed by atoms with Crippen molar-refractivity contribution in [2.24, 2.45) is 0 Å². The molecule has 1 rings (SSSR count). The van der Waals surface area contributed by atoms with Crippen LogP contribution in [-0.4, -0.2) is 48.3 Å². The summed E-state index contributed by atoms with van der Waals surface area (Å²) in [4.78, 5) is 13.4. The molecule has 2 N–H and O–H groups in total. The largest absolute Gasteiger partial charge is 0.508 e. The van der Waals surface area contributed by atoms with E-state index in [-0.39, 0.29) is 36.1 Å². The number of phenols is 2. The molecule has 0 aromatic heterocycles. The number of aromatic hydroxyl groups is 2. The van der Waals surface area contributed by atoms with Crippen molar-refractivity contribution in [1.29, 1.82) is 0 Å². The number of carbonyl (C=O) groups excluding carboxylic acids is 1. The van der Waals surface area contributed by atoms with Crippen LogP contribution in [0.5, 0.6) is 11.5 Å². The average molecular weight is 262 g/mol. The lowest BCUT2D eigenvalue weighted by Crippen LogP contribution is -2.20. The molecule has 0 aliphatic heterocycles. The van der Waals surface area contributed by atoms with Gasteiger partial charge in [0, 0.05) is 6.54 Å². The zero-order valence-electron chi connectivity index (χ0n) is 9.71. The van der Waals surface area contributed by atoms with Crippen LogP contribution in [0.15, 0.2) is 18.2 Å². The van der Waals surface area contributed by atoms with E-state index in [4.69, 9.17) is 4.74 Å². The van der Waals surface area contributed by atoms with Gasteiger partial charge < -0.3 is 19.8 Å². The highest BCUT2D eigenvalue weighted by atomic mass is 35.5. The van der Waals surface area contributed by atoms with Crippen LogP contribution >= 0.6 is 12.4 Å². The van der Waals surface area contributed by atoms with Crippen LogP contribution in [0.3, 0.4) is 0 Å². The molecule has 0 bridgehead atoms. The number of phenolic OH excluding ortho intramolecular Hbond substituents is 2. The number of hydrogen-bond donors (Lipinski definition) is 2. The van der Waals surface area contributed by atoms with Gasteiger partial charge in [-0.05, 0) is 32.3 Å². The average Bonchev–Trinajstić information content (AvgIpc) is 2.21. The van der Waals surface area contributed by atoms with Crippen molar-refractivity contribution in [3.05, 3.63) is 23.8 Å². The molecule has 0 radical (unpaired) electrons. The van der Waals surface area contributed by atoms with Crippen LogP contribution in [0.2, 0.25) is 0 Å². The van der Waals surface area contributed by atoms with Crippen molar-refractivity contribution in [3.63, 3.8) is 0 Å². The van der Waals surface area contributed by atoms with Gasteiger partial charge in [-0.25, -0.2) is 4.79 Å². The van der Waals surface area contributed by atoms with E-state index in [1.807, 2.05) is 19.0 Å². The standard InChI is InChI=1S/C11H15NO4.ClH/c1-12(2)5-6-16-11(15)9-7-8(13)3-4-10(9)14;/h3-4,7,13-14H,5-6H2,1-2H3;1H. The van der Waals surface area contributed by atoms with Crippen molar-refractivity contribution >= 4 is 18.4 Å². The van der Waals surface area contributed by atoms with Gasteiger partial charge in [0.1, 0.15) is 23.7 Å². The van der Waals surface area contributed by atoms with Gasteiger partial charge in [-0.2, -0.15) is 0 Å².